The molecule has 8 nitrogen and oxygen atoms in total. The molecular weight excluding hydrogens is 228 g/mol. The van der Waals surface area contributed by atoms with Gasteiger partial charge < -0.3 is 9.47 Å². The van der Waals surface area contributed by atoms with Gasteiger partial charge in [-0.15, -0.1) is 0 Å². The van der Waals surface area contributed by atoms with E-state index in [1.54, 1.807) is 0 Å². The van der Waals surface area contributed by atoms with Crippen LogP contribution in [-0.2, 0) is 19.1 Å². The van der Waals surface area contributed by atoms with Crippen LogP contribution in [0.3, 0.4) is 0 Å². The molecule has 2 aliphatic heterocycles. The van der Waals surface area contributed by atoms with Crippen molar-refractivity contribution in [1.29, 1.82) is 0 Å². The molecule has 0 saturated heterocycles. The van der Waals surface area contributed by atoms with E-state index in [4.69, 9.17) is 9.47 Å². The van der Waals surface area contributed by atoms with E-state index in [9.17, 15) is 9.59 Å². The fourth-order valence-corrected chi connectivity index (χ4v) is 1.44. The van der Waals surface area contributed by atoms with E-state index in [2.05, 4.69) is 20.6 Å². The molecule has 2 amide bonds. The third kappa shape index (κ3) is 2.52. The first-order valence-corrected chi connectivity index (χ1v) is 5.00. The van der Waals surface area contributed by atoms with Gasteiger partial charge in [0.2, 0.25) is 17.5 Å². The van der Waals surface area contributed by atoms with Crippen LogP contribution in [0.15, 0.2) is 9.98 Å². The van der Waals surface area contributed by atoms with Crippen molar-refractivity contribution in [2.24, 2.45) is 9.98 Å². The largest absolute Gasteiger partial charge is 0.460 e. The van der Waals surface area contributed by atoms with Crippen LogP contribution >= 0.6 is 0 Å². The highest BCUT2D eigenvalue weighted by atomic mass is 16.5. The normalized spacial score (nSPS) is 20.1. The summed E-state index contributed by atoms with van der Waals surface area (Å²) in [6, 6.07) is 0.239. The molecule has 0 atom stereocenters. The highest BCUT2D eigenvalue weighted by Crippen LogP contribution is 2.24. The van der Waals surface area contributed by atoms with E-state index in [1.807, 2.05) is 0 Å². The molecule has 2 N–H and O–H groups in total. The molecule has 17 heavy (non-hydrogen) atoms. The Morgan fingerprint density at radius 3 is 1.82 bits per heavy atom. The molecule has 0 fully saturated rings. The molecule has 0 aromatic heterocycles. The van der Waals surface area contributed by atoms with Gasteiger partial charge in [0.1, 0.15) is 13.2 Å². The third-order valence-electron chi connectivity index (χ3n) is 2.07. The van der Waals surface area contributed by atoms with Crippen LogP contribution in [0.4, 0.5) is 0 Å². The van der Waals surface area contributed by atoms with Crippen molar-refractivity contribution in [3.05, 3.63) is 0 Å². The minimum atomic E-state index is -0.893. The average Bonchev–Trinajstić information content (AvgIpc) is 2.74. The molecule has 0 saturated carbocycles. The van der Waals surface area contributed by atoms with Crippen LogP contribution < -0.4 is 10.6 Å². The van der Waals surface area contributed by atoms with E-state index in [1.165, 1.54) is 13.8 Å². The summed E-state index contributed by atoms with van der Waals surface area (Å²) in [5, 5.41) is 4.85. The lowest BCUT2D eigenvalue weighted by Gasteiger charge is -2.08. The number of aliphatic imine (C=N–C) groups is 2. The Morgan fingerprint density at radius 1 is 1.06 bits per heavy atom. The van der Waals surface area contributed by atoms with Crippen LogP contribution in [0.2, 0.25) is 0 Å². The summed E-state index contributed by atoms with van der Waals surface area (Å²) in [5.74, 6) is -0.545. The fraction of sp³-hybridized carbons (Fsp3) is 0.556. The quantitative estimate of drug-likeness (QED) is 0.551. The second-order valence-corrected chi connectivity index (χ2v) is 3.76. The number of amidine groups is 2. The van der Waals surface area contributed by atoms with E-state index >= 15 is 0 Å². The molecule has 92 valence electrons. The Kier molecular flexibility index (Phi) is 2.70. The lowest BCUT2D eigenvalue weighted by molar-refractivity contribution is -0.118. The summed E-state index contributed by atoms with van der Waals surface area (Å²) < 4.78 is 10.3. The molecule has 2 heterocycles. The van der Waals surface area contributed by atoms with Gasteiger partial charge in [0.25, 0.3) is 12.0 Å². The maximum Gasteiger partial charge on any atom is 0.294 e. The summed E-state index contributed by atoms with van der Waals surface area (Å²) >= 11 is 0. The van der Waals surface area contributed by atoms with E-state index in [0.717, 1.165) is 0 Å². The van der Waals surface area contributed by atoms with E-state index in [-0.39, 0.29) is 37.1 Å². The van der Waals surface area contributed by atoms with Gasteiger partial charge >= 0.3 is 0 Å². The minimum absolute atomic E-state index is 0.119. The maximum atomic E-state index is 10.8. The van der Waals surface area contributed by atoms with Gasteiger partial charge in [-0.25, -0.2) is 0 Å². The van der Waals surface area contributed by atoms with Crippen molar-refractivity contribution in [3.8, 4) is 0 Å². The summed E-state index contributed by atoms with van der Waals surface area (Å²) in [6.07, 6.45) is 0. The van der Waals surface area contributed by atoms with Crippen LogP contribution in [0, 0.1) is 0 Å². The van der Waals surface area contributed by atoms with Crippen molar-refractivity contribution in [2.75, 3.05) is 13.2 Å². The molecule has 8 heteroatoms. The van der Waals surface area contributed by atoms with Gasteiger partial charge in [-0.2, -0.15) is 9.98 Å². The lowest BCUT2D eigenvalue weighted by atomic mass is 10.2. The summed E-state index contributed by atoms with van der Waals surface area (Å²) in [4.78, 5) is 29.9. The molecule has 1 spiro atoms. The van der Waals surface area contributed by atoms with Crippen molar-refractivity contribution < 1.29 is 19.1 Å². The summed E-state index contributed by atoms with van der Waals surface area (Å²) in [5.41, 5.74) is -0.893. The molecule has 0 radical (unpaired) electrons. The number of nitrogens with zero attached hydrogens (tertiary/aromatic N) is 2. The smallest absolute Gasteiger partial charge is 0.294 e. The molecule has 2 aliphatic rings. The molecule has 0 unspecified atom stereocenters. The van der Waals surface area contributed by atoms with Crippen molar-refractivity contribution in [2.45, 2.75) is 19.5 Å². The van der Waals surface area contributed by atoms with Gasteiger partial charge in [-0.05, 0) is 0 Å². The van der Waals surface area contributed by atoms with Crippen LogP contribution in [0.5, 0.6) is 0 Å². The zero-order chi connectivity index (χ0) is 12.5. The number of amides is 2. The molecular formula is C9H12N4O4. The Morgan fingerprint density at radius 2 is 1.47 bits per heavy atom. The number of hydrogen-bond donors (Lipinski definition) is 2. The monoisotopic (exact) mass is 240 g/mol. The lowest BCUT2D eigenvalue weighted by Crippen LogP contribution is -2.28. The number of nitrogens with one attached hydrogen (secondary N) is 2. The number of carbonyl (C=O) groups is 2. The van der Waals surface area contributed by atoms with Crippen molar-refractivity contribution in [3.63, 3.8) is 0 Å². The van der Waals surface area contributed by atoms with E-state index in [0.29, 0.717) is 0 Å². The van der Waals surface area contributed by atoms with Gasteiger partial charge in [0.05, 0.1) is 0 Å². The summed E-state index contributed by atoms with van der Waals surface area (Å²) in [7, 11) is 0. The number of hydrogen-bond acceptors (Lipinski definition) is 6. The standard InChI is InChI=1S/C9H12N4O4/c1-5(14)10-7-12-9(3-16-7)4-17-8(13-9)11-6(2)15/h3-4H2,1-2H3,(H,10,12,14)(H,11,13,15). The molecule has 0 aliphatic carbocycles. The van der Waals surface area contributed by atoms with Crippen LogP contribution in [-0.4, -0.2) is 42.7 Å². The second-order valence-electron chi connectivity index (χ2n) is 3.76. The fourth-order valence-electron chi connectivity index (χ4n) is 1.44. The number of carbonyl (C=O) groups excluding carboxylic acids is 2. The molecule has 0 aromatic carbocycles. The first-order chi connectivity index (χ1) is 7.99. The highest BCUT2D eigenvalue weighted by Gasteiger charge is 2.43. The number of rotatable bonds is 0. The van der Waals surface area contributed by atoms with Gasteiger partial charge in [0.15, 0.2) is 0 Å². The predicted molar refractivity (Wildman–Crippen MR) is 57.1 cm³/mol. The maximum absolute atomic E-state index is 10.8. The Bertz CT molecular complexity index is 389. The van der Waals surface area contributed by atoms with Gasteiger partial charge in [0, 0.05) is 13.8 Å². The minimum Gasteiger partial charge on any atom is -0.460 e. The Labute approximate surface area is 97.1 Å². The summed E-state index contributed by atoms with van der Waals surface area (Å²) in [6.45, 7) is 3.06. The topological polar surface area (TPSA) is 101 Å². The van der Waals surface area contributed by atoms with Gasteiger partial charge in [-0.1, -0.05) is 0 Å². The zero-order valence-corrected chi connectivity index (χ0v) is 9.44. The number of ether oxygens (including phenoxy) is 2. The SMILES string of the molecule is CC(=O)NC1=NC2(CO1)COC(NC(C)=O)=N2. The highest BCUT2D eigenvalue weighted by molar-refractivity contribution is 5.95. The molecule has 2 rings (SSSR count). The van der Waals surface area contributed by atoms with E-state index < -0.39 is 5.66 Å². The Hall–Kier alpha value is -2.12. The molecule has 0 bridgehead atoms. The second kappa shape index (κ2) is 4.04. The van der Waals surface area contributed by atoms with Crippen molar-refractivity contribution >= 4 is 23.9 Å². The first kappa shape index (κ1) is 11.4. The molecule has 0 aromatic rings. The predicted octanol–water partition coefficient (Wildman–Crippen LogP) is -1.27. The third-order valence-corrected chi connectivity index (χ3v) is 2.07. The average molecular weight is 240 g/mol. The van der Waals surface area contributed by atoms with Gasteiger partial charge in [-0.3, -0.25) is 20.2 Å². The van der Waals surface area contributed by atoms with Crippen LogP contribution in [0.1, 0.15) is 13.8 Å². The zero-order valence-electron chi connectivity index (χ0n) is 9.44. The Balaban J connectivity index is 2.08. The first-order valence-electron chi connectivity index (χ1n) is 5.00. The van der Waals surface area contributed by atoms with Crippen molar-refractivity contribution in [1.82, 2.24) is 10.6 Å². The van der Waals surface area contributed by atoms with Crippen LogP contribution in [0.25, 0.3) is 0 Å².